The Morgan fingerprint density at radius 1 is 1.23 bits per heavy atom. The first-order chi connectivity index (χ1) is 12.4. The van der Waals surface area contributed by atoms with Crippen LogP contribution in [0.2, 0.25) is 0 Å². The van der Waals surface area contributed by atoms with Gasteiger partial charge in [0.25, 0.3) is 5.56 Å². The minimum atomic E-state index is -0.368. The second-order valence-electron chi connectivity index (χ2n) is 5.48. The number of nitrogens with one attached hydrogen (secondary N) is 2. The predicted molar refractivity (Wildman–Crippen MR) is 101 cm³/mol. The Morgan fingerprint density at radius 3 is 2.69 bits per heavy atom. The number of hydrogen-bond acceptors (Lipinski definition) is 5. The van der Waals surface area contributed by atoms with Crippen molar-refractivity contribution in [1.29, 1.82) is 0 Å². The van der Waals surface area contributed by atoms with Gasteiger partial charge < -0.3 is 19.8 Å². The van der Waals surface area contributed by atoms with E-state index in [1.165, 1.54) is 26.3 Å². The van der Waals surface area contributed by atoms with Gasteiger partial charge in [0.15, 0.2) is 17.3 Å². The highest BCUT2D eigenvalue weighted by atomic mass is 79.9. The summed E-state index contributed by atoms with van der Waals surface area (Å²) in [7, 11) is 1.50. The summed E-state index contributed by atoms with van der Waals surface area (Å²) in [4.78, 5) is 37.4. The molecule has 0 aliphatic carbocycles. The van der Waals surface area contributed by atoms with Crippen molar-refractivity contribution in [2.24, 2.45) is 0 Å². The minimum Gasteiger partial charge on any atom is -0.493 e. The van der Waals surface area contributed by atoms with Crippen LogP contribution in [0.1, 0.15) is 30.1 Å². The van der Waals surface area contributed by atoms with Gasteiger partial charge in [-0.2, -0.15) is 0 Å². The van der Waals surface area contributed by atoms with E-state index in [9.17, 15) is 14.4 Å². The van der Waals surface area contributed by atoms with Gasteiger partial charge >= 0.3 is 0 Å². The number of benzene rings is 1. The maximum Gasteiger partial charge on any atom is 0.271 e. The number of ether oxygens (including phenoxy) is 2. The molecule has 2 aromatic rings. The number of pyridine rings is 1. The van der Waals surface area contributed by atoms with Gasteiger partial charge in [-0.05, 0) is 53.5 Å². The molecule has 0 saturated heterocycles. The Bertz CT molecular complexity index is 863. The normalized spacial score (nSPS) is 10.3. The molecule has 138 valence electrons. The SMILES string of the molecule is COc1cc(C(C)=O)ccc1OCCCC(=O)Nc1cc(Br)c[nH]c1=O. The van der Waals surface area contributed by atoms with Crippen molar-refractivity contribution in [1.82, 2.24) is 4.98 Å². The fourth-order valence-corrected chi connectivity index (χ4v) is 2.53. The van der Waals surface area contributed by atoms with Crippen LogP contribution in [0.25, 0.3) is 0 Å². The summed E-state index contributed by atoms with van der Waals surface area (Å²) in [6.07, 6.45) is 2.14. The molecule has 0 bridgehead atoms. The third-order valence-corrected chi connectivity index (χ3v) is 3.98. The molecule has 0 radical (unpaired) electrons. The summed E-state index contributed by atoms with van der Waals surface area (Å²) in [5, 5.41) is 2.56. The standard InChI is InChI=1S/C18H19BrN2O5/c1-11(22)12-5-6-15(16(8-12)25-2)26-7-3-4-17(23)21-14-9-13(19)10-20-18(14)24/h5-6,8-10H,3-4,7H2,1-2H3,(H,20,24)(H,21,23). The van der Waals surface area contributed by atoms with Crippen molar-refractivity contribution in [2.45, 2.75) is 19.8 Å². The van der Waals surface area contributed by atoms with Crippen LogP contribution in [0.15, 0.2) is 39.7 Å². The van der Waals surface area contributed by atoms with Gasteiger partial charge in [0.1, 0.15) is 5.69 Å². The van der Waals surface area contributed by atoms with Gasteiger partial charge in [0.2, 0.25) is 5.91 Å². The van der Waals surface area contributed by atoms with Gasteiger partial charge in [-0.3, -0.25) is 14.4 Å². The number of H-pyrrole nitrogens is 1. The number of ketones is 1. The second kappa shape index (κ2) is 9.19. The summed E-state index contributed by atoms with van der Waals surface area (Å²) in [5.74, 6) is 0.620. The van der Waals surface area contributed by atoms with Crippen LogP contribution in [0.4, 0.5) is 5.69 Å². The molecule has 0 unspecified atom stereocenters. The highest BCUT2D eigenvalue weighted by Gasteiger charge is 2.10. The largest absolute Gasteiger partial charge is 0.493 e. The number of anilines is 1. The number of amides is 1. The van der Waals surface area contributed by atoms with Crippen LogP contribution < -0.4 is 20.3 Å². The number of halogens is 1. The summed E-state index contributed by atoms with van der Waals surface area (Å²) in [6, 6.07) is 6.47. The van der Waals surface area contributed by atoms with Crippen molar-refractivity contribution in [3.05, 3.63) is 50.9 Å². The van der Waals surface area contributed by atoms with Crippen LogP contribution in [0.3, 0.4) is 0 Å². The molecule has 0 aliphatic rings. The van der Waals surface area contributed by atoms with Crippen LogP contribution in [0.5, 0.6) is 11.5 Å². The maximum absolute atomic E-state index is 11.9. The van der Waals surface area contributed by atoms with E-state index in [1.807, 2.05) is 0 Å². The van der Waals surface area contributed by atoms with Gasteiger partial charge in [-0.25, -0.2) is 0 Å². The lowest BCUT2D eigenvalue weighted by atomic mass is 10.1. The zero-order valence-electron chi connectivity index (χ0n) is 14.4. The number of Topliss-reactive ketones (excluding diaryl/α,β-unsaturated/α-hetero) is 1. The Kier molecular flexibility index (Phi) is 6.97. The lowest BCUT2D eigenvalue weighted by molar-refractivity contribution is -0.116. The van der Waals surface area contributed by atoms with E-state index in [1.54, 1.807) is 18.2 Å². The van der Waals surface area contributed by atoms with E-state index in [4.69, 9.17) is 9.47 Å². The van der Waals surface area contributed by atoms with Crippen LogP contribution in [0, 0.1) is 0 Å². The van der Waals surface area contributed by atoms with E-state index in [0.717, 1.165) is 0 Å². The average molecular weight is 423 g/mol. The van der Waals surface area contributed by atoms with Crippen molar-refractivity contribution in [3.63, 3.8) is 0 Å². The monoisotopic (exact) mass is 422 g/mol. The van der Waals surface area contributed by atoms with Crippen molar-refractivity contribution in [3.8, 4) is 11.5 Å². The number of rotatable bonds is 8. The molecule has 2 N–H and O–H groups in total. The van der Waals surface area contributed by atoms with Crippen molar-refractivity contribution >= 4 is 33.3 Å². The number of carbonyl (C=O) groups excluding carboxylic acids is 2. The Morgan fingerprint density at radius 2 is 2.00 bits per heavy atom. The molecule has 0 saturated carbocycles. The Hall–Kier alpha value is -2.61. The summed E-state index contributed by atoms with van der Waals surface area (Å²) >= 11 is 3.23. The zero-order chi connectivity index (χ0) is 19.1. The quantitative estimate of drug-likeness (QED) is 0.502. The summed E-state index contributed by atoms with van der Waals surface area (Å²) < 4.78 is 11.5. The number of aromatic nitrogens is 1. The van der Waals surface area contributed by atoms with Crippen LogP contribution in [-0.4, -0.2) is 30.4 Å². The second-order valence-corrected chi connectivity index (χ2v) is 6.40. The Labute approximate surface area is 158 Å². The Balaban J connectivity index is 1.85. The van der Waals surface area contributed by atoms with Gasteiger partial charge in [0.05, 0.1) is 13.7 Å². The highest BCUT2D eigenvalue weighted by molar-refractivity contribution is 9.10. The number of methoxy groups -OCH3 is 1. The van der Waals surface area contributed by atoms with E-state index < -0.39 is 0 Å². The number of aromatic amines is 1. The molecule has 0 atom stereocenters. The maximum atomic E-state index is 11.9. The zero-order valence-corrected chi connectivity index (χ0v) is 16.0. The van der Waals surface area contributed by atoms with Crippen LogP contribution in [-0.2, 0) is 4.79 Å². The lowest BCUT2D eigenvalue weighted by Crippen LogP contribution is -2.19. The van der Waals surface area contributed by atoms with Gasteiger partial charge in [-0.15, -0.1) is 0 Å². The lowest BCUT2D eigenvalue weighted by Gasteiger charge is -2.11. The first kappa shape index (κ1) is 19.7. The molecule has 1 amide bonds. The third-order valence-electron chi connectivity index (χ3n) is 3.52. The fraction of sp³-hybridized carbons (Fsp3) is 0.278. The molecular weight excluding hydrogens is 404 g/mol. The molecule has 0 aliphatic heterocycles. The minimum absolute atomic E-state index is 0.0611. The predicted octanol–water partition coefficient (Wildman–Crippen LogP) is 3.15. The average Bonchev–Trinajstić information content (AvgIpc) is 2.61. The van der Waals surface area contributed by atoms with E-state index in [2.05, 4.69) is 26.2 Å². The van der Waals surface area contributed by atoms with Crippen molar-refractivity contribution < 1.29 is 19.1 Å². The number of hydrogen-bond donors (Lipinski definition) is 2. The third kappa shape index (κ3) is 5.45. The molecule has 1 aromatic heterocycles. The molecular formula is C18H19BrN2O5. The number of carbonyl (C=O) groups is 2. The van der Waals surface area contributed by atoms with Crippen molar-refractivity contribution in [2.75, 3.05) is 19.0 Å². The molecule has 1 aromatic carbocycles. The van der Waals surface area contributed by atoms with E-state index in [0.29, 0.717) is 28.0 Å². The smallest absolute Gasteiger partial charge is 0.271 e. The molecule has 2 rings (SSSR count). The van der Waals surface area contributed by atoms with E-state index >= 15 is 0 Å². The molecule has 7 nitrogen and oxygen atoms in total. The molecule has 26 heavy (non-hydrogen) atoms. The topological polar surface area (TPSA) is 97.5 Å². The molecule has 8 heteroatoms. The molecule has 0 fully saturated rings. The van der Waals surface area contributed by atoms with E-state index in [-0.39, 0.29) is 36.0 Å². The first-order valence-corrected chi connectivity index (χ1v) is 8.70. The van der Waals surface area contributed by atoms with Gasteiger partial charge in [0, 0.05) is 22.7 Å². The first-order valence-electron chi connectivity index (χ1n) is 7.90. The highest BCUT2D eigenvalue weighted by Crippen LogP contribution is 2.28. The van der Waals surface area contributed by atoms with Gasteiger partial charge in [-0.1, -0.05) is 0 Å². The molecule has 0 spiro atoms. The summed E-state index contributed by atoms with van der Waals surface area (Å²) in [6.45, 7) is 1.77. The fourth-order valence-electron chi connectivity index (χ4n) is 2.18. The van der Waals surface area contributed by atoms with Crippen LogP contribution >= 0.6 is 15.9 Å². The molecule has 1 heterocycles. The summed E-state index contributed by atoms with van der Waals surface area (Å²) in [5.41, 5.74) is 0.354.